The fourth-order valence-corrected chi connectivity index (χ4v) is 3.25. The Morgan fingerprint density at radius 1 is 1.39 bits per heavy atom. The smallest absolute Gasteiger partial charge is 0.308 e. The van der Waals surface area contributed by atoms with Crippen molar-refractivity contribution in [2.45, 2.75) is 26.3 Å². The summed E-state index contributed by atoms with van der Waals surface area (Å²) in [6.07, 6.45) is 3.08. The Bertz CT molecular complexity index is 772. The van der Waals surface area contributed by atoms with E-state index in [2.05, 4.69) is 44.5 Å². The molecule has 0 radical (unpaired) electrons. The lowest BCUT2D eigenvalue weighted by molar-refractivity contribution is -0.146. The molecule has 1 aliphatic heterocycles. The molecular weight excluding hydrogens is 471 g/mol. The van der Waals surface area contributed by atoms with Crippen molar-refractivity contribution < 1.29 is 9.53 Å². The lowest BCUT2D eigenvalue weighted by Crippen LogP contribution is -2.46. The second-order valence-corrected chi connectivity index (χ2v) is 6.49. The van der Waals surface area contributed by atoms with Crippen molar-refractivity contribution in [3.63, 3.8) is 0 Å². The minimum atomic E-state index is -0.110. The maximum absolute atomic E-state index is 11.7. The van der Waals surface area contributed by atoms with Crippen LogP contribution < -0.4 is 5.32 Å². The van der Waals surface area contributed by atoms with Crippen molar-refractivity contribution in [1.82, 2.24) is 25.4 Å². The van der Waals surface area contributed by atoms with Gasteiger partial charge >= 0.3 is 5.97 Å². The van der Waals surface area contributed by atoms with Crippen molar-refractivity contribution >= 4 is 35.9 Å². The first-order valence-electron chi connectivity index (χ1n) is 9.27. The van der Waals surface area contributed by atoms with Crippen LogP contribution in [0, 0.1) is 5.92 Å². The number of carbonyl (C=O) groups excluding carboxylic acids is 1. The third-order valence-electron chi connectivity index (χ3n) is 4.69. The predicted octanol–water partition coefficient (Wildman–Crippen LogP) is 2.44. The van der Waals surface area contributed by atoms with E-state index in [4.69, 9.17) is 9.73 Å². The van der Waals surface area contributed by atoms with Crippen LogP contribution in [0.5, 0.6) is 0 Å². The Morgan fingerprint density at radius 2 is 2.18 bits per heavy atom. The first-order valence-corrected chi connectivity index (χ1v) is 9.27. The number of hydrogen-bond acceptors (Lipinski definition) is 5. The van der Waals surface area contributed by atoms with Gasteiger partial charge in [0, 0.05) is 25.2 Å². The molecule has 1 saturated heterocycles. The van der Waals surface area contributed by atoms with E-state index < -0.39 is 0 Å². The Balaban J connectivity index is 0.00000280. The van der Waals surface area contributed by atoms with E-state index in [9.17, 15) is 4.79 Å². The quantitative estimate of drug-likeness (QED) is 0.285. The number of benzene rings is 1. The molecule has 2 heterocycles. The third kappa shape index (κ3) is 5.66. The number of aromatic nitrogens is 3. The first kappa shape index (κ1) is 22.1. The van der Waals surface area contributed by atoms with Gasteiger partial charge in [-0.05, 0) is 31.4 Å². The second kappa shape index (κ2) is 11.0. The van der Waals surface area contributed by atoms with Gasteiger partial charge in [-0.3, -0.25) is 9.89 Å². The topological polar surface area (TPSA) is 95.5 Å². The summed E-state index contributed by atoms with van der Waals surface area (Å²) in [4.78, 5) is 22.9. The number of ether oxygens (including phenoxy) is 1. The zero-order valence-corrected chi connectivity index (χ0v) is 18.6. The van der Waals surface area contributed by atoms with E-state index in [0.717, 1.165) is 55.4 Å². The largest absolute Gasteiger partial charge is 0.469 e. The fraction of sp³-hybridized carbons (Fsp3) is 0.474. The lowest BCUT2D eigenvalue weighted by Gasteiger charge is -2.33. The van der Waals surface area contributed by atoms with Gasteiger partial charge in [0.2, 0.25) is 0 Å². The zero-order chi connectivity index (χ0) is 19.1. The van der Waals surface area contributed by atoms with Gasteiger partial charge in [0.1, 0.15) is 6.33 Å². The molecule has 0 atom stereocenters. The highest BCUT2D eigenvalue weighted by Gasteiger charge is 2.26. The van der Waals surface area contributed by atoms with Gasteiger partial charge in [-0.2, -0.15) is 5.10 Å². The summed E-state index contributed by atoms with van der Waals surface area (Å²) >= 11 is 0. The molecule has 1 fully saturated rings. The number of guanidine groups is 1. The molecule has 9 heteroatoms. The van der Waals surface area contributed by atoms with E-state index in [1.54, 1.807) is 0 Å². The first-order chi connectivity index (χ1) is 13.2. The summed E-state index contributed by atoms with van der Waals surface area (Å²) in [5.41, 5.74) is 2.09. The molecule has 2 aromatic rings. The Kier molecular flexibility index (Phi) is 8.68. The minimum absolute atomic E-state index is 0. The maximum Gasteiger partial charge on any atom is 0.308 e. The Morgan fingerprint density at radius 3 is 2.82 bits per heavy atom. The highest BCUT2D eigenvalue weighted by molar-refractivity contribution is 14.0. The number of piperidine rings is 1. The van der Waals surface area contributed by atoms with Crippen LogP contribution in [0.2, 0.25) is 0 Å². The van der Waals surface area contributed by atoms with Crippen LogP contribution in [0.25, 0.3) is 11.4 Å². The van der Waals surface area contributed by atoms with E-state index in [0.29, 0.717) is 6.54 Å². The standard InChI is InChI=1S/C19H26N6O2.HI/c1-3-20-19(25-9-7-15(8-10-25)18(26)27-2)21-12-14-5-4-6-16(11-14)17-22-13-23-24-17;/h4-6,11,13,15H,3,7-10,12H2,1-2H3,(H,20,21)(H,22,23,24);1H. The number of nitrogens with zero attached hydrogens (tertiary/aromatic N) is 4. The van der Waals surface area contributed by atoms with Gasteiger partial charge in [-0.1, -0.05) is 18.2 Å². The number of rotatable bonds is 5. The van der Waals surface area contributed by atoms with Crippen molar-refractivity contribution in [1.29, 1.82) is 0 Å². The fourth-order valence-electron chi connectivity index (χ4n) is 3.25. The molecule has 3 rings (SSSR count). The summed E-state index contributed by atoms with van der Waals surface area (Å²) in [5, 5.41) is 10.1. The van der Waals surface area contributed by atoms with Crippen LogP contribution in [0.4, 0.5) is 0 Å². The van der Waals surface area contributed by atoms with Crippen LogP contribution in [0.15, 0.2) is 35.6 Å². The number of methoxy groups -OCH3 is 1. The molecule has 152 valence electrons. The second-order valence-electron chi connectivity index (χ2n) is 6.49. The molecule has 28 heavy (non-hydrogen) atoms. The van der Waals surface area contributed by atoms with Gasteiger partial charge in [0.25, 0.3) is 0 Å². The van der Waals surface area contributed by atoms with Gasteiger partial charge in [0.15, 0.2) is 11.8 Å². The molecule has 0 bridgehead atoms. The van der Waals surface area contributed by atoms with Crippen LogP contribution in [-0.2, 0) is 16.1 Å². The summed E-state index contributed by atoms with van der Waals surface area (Å²) in [6, 6.07) is 8.11. The molecule has 8 nitrogen and oxygen atoms in total. The number of aliphatic imine (C=N–C) groups is 1. The summed E-state index contributed by atoms with van der Waals surface area (Å²) in [7, 11) is 1.45. The molecule has 1 aromatic carbocycles. The highest BCUT2D eigenvalue weighted by atomic mass is 127. The number of hydrogen-bond donors (Lipinski definition) is 2. The Labute approximate surface area is 182 Å². The maximum atomic E-state index is 11.7. The molecule has 0 unspecified atom stereocenters. The molecule has 1 aromatic heterocycles. The zero-order valence-electron chi connectivity index (χ0n) is 16.2. The van der Waals surface area contributed by atoms with Crippen molar-refractivity contribution in [3.05, 3.63) is 36.2 Å². The van der Waals surface area contributed by atoms with Crippen LogP contribution >= 0.6 is 24.0 Å². The summed E-state index contributed by atoms with van der Waals surface area (Å²) in [6.45, 7) is 5.02. The summed E-state index contributed by atoms with van der Waals surface area (Å²) in [5.74, 6) is 1.51. The normalized spacial score (nSPS) is 15.1. The molecule has 0 amide bonds. The molecule has 0 saturated carbocycles. The van der Waals surface area contributed by atoms with Crippen molar-refractivity contribution in [3.8, 4) is 11.4 Å². The number of nitrogens with one attached hydrogen (secondary N) is 2. The van der Waals surface area contributed by atoms with Gasteiger partial charge in [-0.25, -0.2) is 9.98 Å². The van der Waals surface area contributed by atoms with Crippen LogP contribution in [-0.4, -0.2) is 58.8 Å². The number of likely N-dealkylation sites (tertiary alicyclic amines) is 1. The Hall–Kier alpha value is -2.17. The van der Waals surface area contributed by atoms with Crippen molar-refractivity contribution in [2.24, 2.45) is 10.9 Å². The van der Waals surface area contributed by atoms with E-state index in [-0.39, 0.29) is 35.9 Å². The average Bonchev–Trinajstić information content (AvgIpc) is 3.26. The molecule has 0 spiro atoms. The monoisotopic (exact) mass is 498 g/mol. The molecular formula is C19H27IN6O2. The molecule has 0 aliphatic carbocycles. The third-order valence-corrected chi connectivity index (χ3v) is 4.69. The predicted molar refractivity (Wildman–Crippen MR) is 118 cm³/mol. The number of esters is 1. The van der Waals surface area contributed by atoms with Crippen molar-refractivity contribution in [2.75, 3.05) is 26.7 Å². The van der Waals surface area contributed by atoms with Crippen LogP contribution in [0.1, 0.15) is 25.3 Å². The molecule has 1 aliphatic rings. The minimum Gasteiger partial charge on any atom is -0.469 e. The average molecular weight is 498 g/mol. The van der Waals surface area contributed by atoms with E-state index in [1.807, 2.05) is 12.1 Å². The number of H-pyrrole nitrogens is 1. The number of carbonyl (C=O) groups is 1. The summed E-state index contributed by atoms with van der Waals surface area (Å²) < 4.78 is 4.86. The van der Waals surface area contributed by atoms with Crippen LogP contribution in [0.3, 0.4) is 0 Å². The van der Waals surface area contributed by atoms with Gasteiger partial charge in [0.05, 0.1) is 19.6 Å². The molecule has 2 N–H and O–H groups in total. The number of halogens is 1. The highest BCUT2D eigenvalue weighted by Crippen LogP contribution is 2.19. The van der Waals surface area contributed by atoms with E-state index in [1.165, 1.54) is 13.4 Å². The SMILES string of the molecule is CCNC(=NCc1cccc(-c2ncn[nH]2)c1)N1CCC(C(=O)OC)CC1.I. The van der Waals surface area contributed by atoms with E-state index >= 15 is 0 Å². The van der Waals surface area contributed by atoms with Gasteiger partial charge < -0.3 is 15.0 Å². The lowest BCUT2D eigenvalue weighted by atomic mass is 9.97. The van der Waals surface area contributed by atoms with Gasteiger partial charge in [-0.15, -0.1) is 24.0 Å². The number of aromatic amines is 1.